The SMILES string of the molecule is Cc1nc(C)c(Br)c(NCCCO)n1. The molecule has 1 aromatic heterocycles. The third kappa shape index (κ3) is 2.92. The van der Waals surface area contributed by atoms with E-state index in [-0.39, 0.29) is 6.61 Å². The lowest BCUT2D eigenvalue weighted by molar-refractivity contribution is 0.292. The molecule has 0 amide bonds. The van der Waals surface area contributed by atoms with Gasteiger partial charge >= 0.3 is 0 Å². The Labute approximate surface area is 91.9 Å². The molecule has 0 fully saturated rings. The van der Waals surface area contributed by atoms with Gasteiger partial charge in [0.05, 0.1) is 10.2 Å². The number of aliphatic hydroxyl groups excluding tert-OH is 1. The van der Waals surface area contributed by atoms with Crippen LogP contribution in [0.25, 0.3) is 0 Å². The van der Waals surface area contributed by atoms with Crippen molar-refractivity contribution in [2.24, 2.45) is 0 Å². The molecule has 1 heterocycles. The number of aryl methyl sites for hydroxylation is 2. The Balaban J connectivity index is 2.75. The van der Waals surface area contributed by atoms with Crippen molar-refractivity contribution in [1.82, 2.24) is 9.97 Å². The second kappa shape index (κ2) is 5.26. The largest absolute Gasteiger partial charge is 0.396 e. The van der Waals surface area contributed by atoms with E-state index in [9.17, 15) is 0 Å². The van der Waals surface area contributed by atoms with Gasteiger partial charge < -0.3 is 10.4 Å². The molecule has 0 aliphatic heterocycles. The molecule has 0 radical (unpaired) electrons. The molecule has 0 aromatic carbocycles. The molecule has 0 bridgehead atoms. The zero-order chi connectivity index (χ0) is 10.6. The highest BCUT2D eigenvalue weighted by Crippen LogP contribution is 2.22. The fourth-order valence-corrected chi connectivity index (χ4v) is 1.42. The molecule has 0 spiro atoms. The molecule has 2 N–H and O–H groups in total. The Morgan fingerprint density at radius 2 is 2.07 bits per heavy atom. The van der Waals surface area contributed by atoms with E-state index in [1.807, 2.05) is 13.8 Å². The Morgan fingerprint density at radius 1 is 1.36 bits per heavy atom. The second-order valence-corrected chi connectivity index (χ2v) is 3.82. The van der Waals surface area contributed by atoms with Crippen LogP contribution in [0.3, 0.4) is 0 Å². The Morgan fingerprint density at radius 3 is 2.71 bits per heavy atom. The molecule has 14 heavy (non-hydrogen) atoms. The number of anilines is 1. The molecular weight excluding hydrogens is 246 g/mol. The average Bonchev–Trinajstić information content (AvgIpc) is 2.13. The fourth-order valence-electron chi connectivity index (χ4n) is 1.10. The van der Waals surface area contributed by atoms with Crippen molar-refractivity contribution in [2.75, 3.05) is 18.5 Å². The van der Waals surface area contributed by atoms with Crippen LogP contribution >= 0.6 is 15.9 Å². The van der Waals surface area contributed by atoms with E-state index in [1.165, 1.54) is 0 Å². The minimum Gasteiger partial charge on any atom is -0.396 e. The third-order valence-corrected chi connectivity index (χ3v) is 2.71. The Bertz CT molecular complexity index is 317. The summed E-state index contributed by atoms with van der Waals surface area (Å²) in [4.78, 5) is 8.47. The minimum absolute atomic E-state index is 0.188. The Kier molecular flexibility index (Phi) is 4.28. The first kappa shape index (κ1) is 11.4. The van der Waals surface area contributed by atoms with E-state index in [4.69, 9.17) is 5.11 Å². The summed E-state index contributed by atoms with van der Waals surface area (Å²) in [7, 11) is 0. The van der Waals surface area contributed by atoms with Gasteiger partial charge in [-0.25, -0.2) is 9.97 Å². The third-order valence-electron chi connectivity index (χ3n) is 1.76. The summed E-state index contributed by atoms with van der Waals surface area (Å²) in [6.45, 7) is 4.69. The predicted octanol–water partition coefficient (Wildman–Crippen LogP) is 1.65. The van der Waals surface area contributed by atoms with Gasteiger partial charge in [0.2, 0.25) is 0 Å². The van der Waals surface area contributed by atoms with Crippen molar-refractivity contribution in [3.05, 3.63) is 16.0 Å². The highest BCUT2D eigenvalue weighted by Gasteiger charge is 2.05. The van der Waals surface area contributed by atoms with Crippen LogP contribution in [0, 0.1) is 13.8 Å². The monoisotopic (exact) mass is 259 g/mol. The minimum atomic E-state index is 0.188. The average molecular weight is 260 g/mol. The van der Waals surface area contributed by atoms with Crippen molar-refractivity contribution in [1.29, 1.82) is 0 Å². The predicted molar refractivity (Wildman–Crippen MR) is 59.4 cm³/mol. The van der Waals surface area contributed by atoms with Crippen LogP contribution < -0.4 is 5.32 Å². The number of hydrogen-bond donors (Lipinski definition) is 2. The molecule has 0 saturated carbocycles. The summed E-state index contributed by atoms with van der Waals surface area (Å²) in [5, 5.41) is 11.8. The van der Waals surface area contributed by atoms with Crippen LogP contribution in [0.4, 0.5) is 5.82 Å². The lowest BCUT2D eigenvalue weighted by Gasteiger charge is -2.08. The zero-order valence-corrected chi connectivity index (χ0v) is 9.93. The lowest BCUT2D eigenvalue weighted by atomic mass is 10.4. The first-order chi connectivity index (χ1) is 6.65. The molecule has 0 aliphatic rings. The van der Waals surface area contributed by atoms with Gasteiger partial charge in [0.25, 0.3) is 0 Å². The number of hydrogen-bond acceptors (Lipinski definition) is 4. The van der Waals surface area contributed by atoms with E-state index in [0.717, 1.165) is 21.8 Å². The van der Waals surface area contributed by atoms with Gasteiger partial charge in [0, 0.05) is 13.2 Å². The smallest absolute Gasteiger partial charge is 0.144 e. The molecule has 5 heteroatoms. The van der Waals surface area contributed by atoms with Crippen LogP contribution in [0.1, 0.15) is 17.9 Å². The summed E-state index contributed by atoms with van der Waals surface area (Å²) in [6, 6.07) is 0. The van der Waals surface area contributed by atoms with Crippen molar-refractivity contribution >= 4 is 21.7 Å². The molecule has 0 aliphatic carbocycles. The normalized spacial score (nSPS) is 10.3. The summed E-state index contributed by atoms with van der Waals surface area (Å²) in [5.41, 5.74) is 0.920. The van der Waals surface area contributed by atoms with Gasteiger partial charge in [-0.1, -0.05) is 0 Å². The number of nitrogens with one attached hydrogen (secondary N) is 1. The van der Waals surface area contributed by atoms with Crippen LogP contribution in [-0.2, 0) is 0 Å². The van der Waals surface area contributed by atoms with Crippen LogP contribution in [0.15, 0.2) is 4.47 Å². The van der Waals surface area contributed by atoms with Gasteiger partial charge in [0.1, 0.15) is 11.6 Å². The van der Waals surface area contributed by atoms with Crippen molar-refractivity contribution in [2.45, 2.75) is 20.3 Å². The van der Waals surface area contributed by atoms with Crippen LogP contribution in [0.2, 0.25) is 0 Å². The number of rotatable bonds is 4. The van der Waals surface area contributed by atoms with Crippen molar-refractivity contribution < 1.29 is 5.11 Å². The molecule has 1 aromatic rings. The van der Waals surface area contributed by atoms with Crippen molar-refractivity contribution in [3.8, 4) is 0 Å². The molecular formula is C9H14BrN3O. The zero-order valence-electron chi connectivity index (χ0n) is 8.34. The standard InChI is InChI=1S/C9H14BrN3O/c1-6-8(10)9(11-4-3-5-14)13-7(2)12-6/h14H,3-5H2,1-2H3,(H,11,12,13). The van der Waals surface area contributed by atoms with Crippen LogP contribution in [0.5, 0.6) is 0 Å². The van der Waals surface area contributed by atoms with Gasteiger partial charge in [-0.15, -0.1) is 0 Å². The first-order valence-electron chi connectivity index (χ1n) is 4.50. The molecule has 78 valence electrons. The molecule has 0 saturated heterocycles. The van der Waals surface area contributed by atoms with Gasteiger partial charge in [-0.3, -0.25) is 0 Å². The van der Waals surface area contributed by atoms with Gasteiger partial charge in [0.15, 0.2) is 0 Å². The summed E-state index contributed by atoms with van der Waals surface area (Å²) in [5.74, 6) is 1.54. The number of halogens is 1. The topological polar surface area (TPSA) is 58.0 Å². The molecule has 0 atom stereocenters. The summed E-state index contributed by atoms with van der Waals surface area (Å²) < 4.78 is 0.890. The maximum Gasteiger partial charge on any atom is 0.144 e. The van der Waals surface area contributed by atoms with E-state index in [0.29, 0.717) is 13.0 Å². The molecule has 0 unspecified atom stereocenters. The first-order valence-corrected chi connectivity index (χ1v) is 5.30. The Hall–Kier alpha value is -0.680. The highest BCUT2D eigenvalue weighted by atomic mass is 79.9. The van der Waals surface area contributed by atoms with E-state index in [2.05, 4.69) is 31.2 Å². The summed E-state index contributed by atoms with van der Waals surface area (Å²) >= 11 is 3.42. The summed E-state index contributed by atoms with van der Waals surface area (Å²) in [6.07, 6.45) is 0.717. The highest BCUT2D eigenvalue weighted by molar-refractivity contribution is 9.10. The maximum atomic E-state index is 8.64. The molecule has 4 nitrogen and oxygen atoms in total. The molecule has 1 rings (SSSR count). The maximum absolute atomic E-state index is 8.64. The van der Waals surface area contributed by atoms with Crippen LogP contribution in [-0.4, -0.2) is 28.2 Å². The number of nitrogens with zero attached hydrogens (tertiary/aromatic N) is 2. The fraction of sp³-hybridized carbons (Fsp3) is 0.556. The van der Waals surface area contributed by atoms with E-state index < -0.39 is 0 Å². The second-order valence-electron chi connectivity index (χ2n) is 3.02. The van der Waals surface area contributed by atoms with E-state index in [1.54, 1.807) is 0 Å². The number of aliphatic hydroxyl groups is 1. The van der Waals surface area contributed by atoms with Crippen molar-refractivity contribution in [3.63, 3.8) is 0 Å². The van der Waals surface area contributed by atoms with Gasteiger partial charge in [-0.05, 0) is 36.2 Å². The van der Waals surface area contributed by atoms with E-state index >= 15 is 0 Å². The lowest BCUT2D eigenvalue weighted by Crippen LogP contribution is -2.08. The number of aromatic nitrogens is 2. The van der Waals surface area contributed by atoms with Gasteiger partial charge in [-0.2, -0.15) is 0 Å². The quantitative estimate of drug-likeness (QED) is 0.808.